The Kier molecular flexibility index (Phi) is 4.02. The quantitative estimate of drug-likeness (QED) is 0.832. The second-order valence-electron chi connectivity index (χ2n) is 5.58. The molecule has 0 aliphatic heterocycles. The Morgan fingerprint density at radius 1 is 1.44 bits per heavy atom. The van der Waals surface area contributed by atoms with Crippen molar-refractivity contribution in [3.8, 4) is 0 Å². The Morgan fingerprint density at radius 2 is 2.17 bits per heavy atom. The van der Waals surface area contributed by atoms with Gasteiger partial charge >= 0.3 is 0 Å². The van der Waals surface area contributed by atoms with Crippen molar-refractivity contribution >= 4 is 5.91 Å². The van der Waals surface area contributed by atoms with Gasteiger partial charge in [-0.25, -0.2) is 0 Å². The van der Waals surface area contributed by atoms with Gasteiger partial charge in [0.15, 0.2) is 0 Å². The molecule has 2 rings (SSSR count). The van der Waals surface area contributed by atoms with Gasteiger partial charge < -0.3 is 11.1 Å². The van der Waals surface area contributed by atoms with E-state index in [-0.39, 0.29) is 11.9 Å². The van der Waals surface area contributed by atoms with Gasteiger partial charge in [-0.15, -0.1) is 0 Å². The predicted molar refractivity (Wildman–Crippen MR) is 73.3 cm³/mol. The van der Waals surface area contributed by atoms with Crippen LogP contribution in [0.25, 0.3) is 0 Å². The van der Waals surface area contributed by atoms with Crippen LogP contribution in [0.3, 0.4) is 0 Å². The fourth-order valence-corrected chi connectivity index (χ4v) is 2.51. The van der Waals surface area contributed by atoms with E-state index in [4.69, 9.17) is 5.73 Å². The van der Waals surface area contributed by atoms with Crippen LogP contribution < -0.4 is 11.1 Å². The van der Waals surface area contributed by atoms with Crippen molar-refractivity contribution in [2.75, 3.05) is 6.54 Å². The third-order valence-corrected chi connectivity index (χ3v) is 3.55. The number of carbonyl (C=O) groups is 1. The zero-order chi connectivity index (χ0) is 13.1. The van der Waals surface area contributed by atoms with Gasteiger partial charge in [-0.05, 0) is 29.9 Å². The normalized spacial score (nSPS) is 19.0. The SMILES string of the molecule is CC(C)CC(N)C(=O)NCC1Cc2ccccc21. The van der Waals surface area contributed by atoms with E-state index in [2.05, 4.69) is 43.4 Å². The van der Waals surface area contributed by atoms with Crippen LogP contribution in [0.1, 0.15) is 37.3 Å². The van der Waals surface area contributed by atoms with Crippen molar-refractivity contribution in [1.82, 2.24) is 5.32 Å². The summed E-state index contributed by atoms with van der Waals surface area (Å²) in [6.45, 7) is 4.87. The first kappa shape index (κ1) is 13.1. The number of amides is 1. The molecular formula is C15H22N2O. The standard InChI is InChI=1S/C15H22N2O/c1-10(2)7-14(16)15(18)17-9-12-8-11-5-3-4-6-13(11)12/h3-6,10,12,14H,7-9,16H2,1-2H3,(H,17,18). The summed E-state index contributed by atoms with van der Waals surface area (Å²) in [5.41, 5.74) is 8.62. The molecule has 0 aromatic heterocycles. The maximum absolute atomic E-state index is 11.8. The lowest BCUT2D eigenvalue weighted by Crippen LogP contribution is -2.43. The summed E-state index contributed by atoms with van der Waals surface area (Å²) in [5.74, 6) is 0.902. The Balaban J connectivity index is 1.78. The summed E-state index contributed by atoms with van der Waals surface area (Å²) in [6, 6.07) is 8.03. The number of rotatable bonds is 5. The molecule has 1 aliphatic rings. The van der Waals surface area contributed by atoms with Crippen LogP contribution in [0.2, 0.25) is 0 Å². The van der Waals surface area contributed by atoms with Gasteiger partial charge in [0.05, 0.1) is 6.04 Å². The molecule has 0 spiro atoms. The monoisotopic (exact) mass is 246 g/mol. The molecule has 0 fully saturated rings. The van der Waals surface area contributed by atoms with Gasteiger partial charge in [-0.3, -0.25) is 4.79 Å². The summed E-state index contributed by atoms with van der Waals surface area (Å²) in [5, 5.41) is 2.97. The summed E-state index contributed by atoms with van der Waals surface area (Å²) in [4.78, 5) is 11.8. The fraction of sp³-hybridized carbons (Fsp3) is 0.533. The van der Waals surface area contributed by atoms with Crippen LogP contribution in [0.4, 0.5) is 0 Å². The van der Waals surface area contributed by atoms with Crippen molar-refractivity contribution in [2.24, 2.45) is 11.7 Å². The highest BCUT2D eigenvalue weighted by molar-refractivity contribution is 5.81. The van der Waals surface area contributed by atoms with Crippen molar-refractivity contribution in [3.05, 3.63) is 35.4 Å². The molecule has 98 valence electrons. The molecule has 0 heterocycles. The Morgan fingerprint density at radius 3 is 2.83 bits per heavy atom. The molecule has 18 heavy (non-hydrogen) atoms. The molecular weight excluding hydrogens is 224 g/mol. The van der Waals surface area contributed by atoms with Gasteiger partial charge in [-0.1, -0.05) is 38.1 Å². The first-order valence-electron chi connectivity index (χ1n) is 6.69. The number of benzene rings is 1. The molecule has 1 amide bonds. The average Bonchev–Trinajstić information content (AvgIpc) is 2.29. The summed E-state index contributed by atoms with van der Waals surface area (Å²) in [7, 11) is 0. The Labute approximate surface area is 109 Å². The highest BCUT2D eigenvalue weighted by atomic mass is 16.2. The fourth-order valence-electron chi connectivity index (χ4n) is 2.51. The van der Waals surface area contributed by atoms with E-state index in [0.29, 0.717) is 18.4 Å². The van der Waals surface area contributed by atoms with Crippen LogP contribution in [0.15, 0.2) is 24.3 Å². The average molecular weight is 246 g/mol. The van der Waals surface area contributed by atoms with E-state index in [1.54, 1.807) is 0 Å². The number of carbonyl (C=O) groups excluding carboxylic acids is 1. The maximum Gasteiger partial charge on any atom is 0.236 e. The van der Waals surface area contributed by atoms with Crippen LogP contribution in [-0.4, -0.2) is 18.5 Å². The van der Waals surface area contributed by atoms with E-state index in [9.17, 15) is 4.79 Å². The molecule has 3 N–H and O–H groups in total. The first-order chi connectivity index (χ1) is 8.58. The molecule has 1 aromatic rings. The molecule has 0 radical (unpaired) electrons. The lowest BCUT2D eigenvalue weighted by molar-refractivity contribution is -0.122. The van der Waals surface area contributed by atoms with Gasteiger partial charge in [0.1, 0.15) is 0 Å². The molecule has 2 unspecified atom stereocenters. The summed E-state index contributed by atoms with van der Waals surface area (Å²) in [6.07, 6.45) is 1.81. The number of hydrogen-bond acceptors (Lipinski definition) is 2. The molecule has 1 aliphatic carbocycles. The molecule has 3 nitrogen and oxygen atoms in total. The van der Waals surface area contributed by atoms with Gasteiger partial charge in [0.2, 0.25) is 5.91 Å². The molecule has 0 saturated heterocycles. The lowest BCUT2D eigenvalue weighted by Gasteiger charge is -2.30. The first-order valence-corrected chi connectivity index (χ1v) is 6.69. The maximum atomic E-state index is 11.8. The number of nitrogens with one attached hydrogen (secondary N) is 1. The van der Waals surface area contributed by atoms with Gasteiger partial charge in [0.25, 0.3) is 0 Å². The summed E-state index contributed by atoms with van der Waals surface area (Å²) >= 11 is 0. The largest absolute Gasteiger partial charge is 0.354 e. The smallest absolute Gasteiger partial charge is 0.236 e. The summed E-state index contributed by atoms with van der Waals surface area (Å²) < 4.78 is 0. The minimum absolute atomic E-state index is 0.0203. The number of fused-ring (bicyclic) bond motifs is 1. The molecule has 2 atom stereocenters. The minimum atomic E-state index is -0.375. The van der Waals surface area contributed by atoms with Crippen molar-refractivity contribution < 1.29 is 4.79 Å². The Hall–Kier alpha value is -1.35. The van der Waals surface area contributed by atoms with Crippen molar-refractivity contribution in [3.63, 3.8) is 0 Å². The highest BCUT2D eigenvalue weighted by Crippen LogP contribution is 2.33. The van der Waals surface area contributed by atoms with E-state index < -0.39 is 0 Å². The van der Waals surface area contributed by atoms with Crippen molar-refractivity contribution in [2.45, 2.75) is 38.6 Å². The van der Waals surface area contributed by atoms with Crippen molar-refractivity contribution in [1.29, 1.82) is 0 Å². The van der Waals surface area contributed by atoms with Crippen LogP contribution in [0, 0.1) is 5.92 Å². The molecule has 3 heteroatoms. The second kappa shape index (κ2) is 5.53. The van der Waals surface area contributed by atoms with Gasteiger partial charge in [0, 0.05) is 12.5 Å². The highest BCUT2D eigenvalue weighted by Gasteiger charge is 2.26. The van der Waals surface area contributed by atoms with Crippen LogP contribution >= 0.6 is 0 Å². The zero-order valence-electron chi connectivity index (χ0n) is 11.1. The number of nitrogens with two attached hydrogens (primary N) is 1. The molecule has 1 aromatic carbocycles. The third-order valence-electron chi connectivity index (χ3n) is 3.55. The van der Waals surface area contributed by atoms with E-state index in [0.717, 1.165) is 12.8 Å². The van der Waals surface area contributed by atoms with E-state index in [1.807, 2.05) is 0 Å². The lowest BCUT2D eigenvalue weighted by atomic mass is 9.77. The van der Waals surface area contributed by atoms with Crippen LogP contribution in [0.5, 0.6) is 0 Å². The second-order valence-corrected chi connectivity index (χ2v) is 5.58. The third kappa shape index (κ3) is 2.91. The molecule has 0 bridgehead atoms. The zero-order valence-corrected chi connectivity index (χ0v) is 11.1. The topological polar surface area (TPSA) is 55.1 Å². The molecule has 0 saturated carbocycles. The minimum Gasteiger partial charge on any atom is -0.354 e. The number of hydrogen-bond donors (Lipinski definition) is 2. The van der Waals surface area contributed by atoms with Crippen LogP contribution in [-0.2, 0) is 11.2 Å². The van der Waals surface area contributed by atoms with Gasteiger partial charge in [-0.2, -0.15) is 0 Å². The Bertz CT molecular complexity index is 428. The van der Waals surface area contributed by atoms with E-state index in [1.165, 1.54) is 11.1 Å². The van der Waals surface area contributed by atoms with E-state index >= 15 is 0 Å². The predicted octanol–water partition coefficient (Wildman–Crippen LogP) is 1.82.